The molecule has 0 heterocycles. The van der Waals surface area contributed by atoms with Crippen LogP contribution in [0.25, 0.3) is 10.8 Å². The summed E-state index contributed by atoms with van der Waals surface area (Å²) >= 11 is 0. The first-order chi connectivity index (χ1) is 11.2. The van der Waals surface area contributed by atoms with Crippen molar-refractivity contribution in [1.29, 1.82) is 0 Å². The Hall–Kier alpha value is -3.25. The molecule has 3 rings (SSSR count). The molecule has 0 unspecified atom stereocenters. The van der Waals surface area contributed by atoms with Gasteiger partial charge in [-0.05, 0) is 29.7 Å². The lowest BCUT2D eigenvalue weighted by Crippen LogP contribution is -2.33. The molecule has 0 spiro atoms. The summed E-state index contributed by atoms with van der Waals surface area (Å²) in [6.07, 6.45) is 5.45. The highest BCUT2D eigenvalue weighted by Crippen LogP contribution is 2.26. The van der Waals surface area contributed by atoms with Crippen molar-refractivity contribution in [2.45, 2.75) is 0 Å². The second kappa shape index (κ2) is 6.25. The van der Waals surface area contributed by atoms with Gasteiger partial charge in [0.15, 0.2) is 0 Å². The lowest BCUT2D eigenvalue weighted by atomic mass is 10.1. The van der Waals surface area contributed by atoms with Gasteiger partial charge in [-0.15, -0.1) is 6.42 Å². The number of fused-ring (bicyclic) bond motifs is 1. The second-order valence-corrected chi connectivity index (χ2v) is 5.22. The zero-order valence-corrected chi connectivity index (χ0v) is 12.9. The molecule has 0 saturated carbocycles. The Kier molecular flexibility index (Phi) is 3.99. The summed E-state index contributed by atoms with van der Waals surface area (Å²) in [5, 5.41) is 2.21. The van der Waals surface area contributed by atoms with Crippen molar-refractivity contribution in [3.63, 3.8) is 0 Å². The van der Waals surface area contributed by atoms with E-state index in [9.17, 15) is 0 Å². The predicted octanol–water partition coefficient (Wildman–Crippen LogP) is 3.90. The summed E-state index contributed by atoms with van der Waals surface area (Å²) < 4.78 is 0. The van der Waals surface area contributed by atoms with Crippen LogP contribution in [0.1, 0.15) is 5.56 Å². The zero-order chi connectivity index (χ0) is 16.2. The lowest BCUT2D eigenvalue weighted by molar-refractivity contribution is 1.22. The largest absolute Gasteiger partial charge is 0.369 e. The smallest absolute Gasteiger partial charge is 0.200 e. The summed E-state index contributed by atoms with van der Waals surface area (Å²) in [4.78, 5) is 6.41. The van der Waals surface area contributed by atoms with Crippen LogP contribution in [-0.4, -0.2) is 13.0 Å². The van der Waals surface area contributed by atoms with Gasteiger partial charge in [0.2, 0.25) is 5.96 Å². The molecule has 0 bridgehead atoms. The van der Waals surface area contributed by atoms with Crippen molar-refractivity contribution in [3.8, 4) is 12.3 Å². The molecule has 0 aromatic heterocycles. The summed E-state index contributed by atoms with van der Waals surface area (Å²) in [5.74, 6) is 3.04. The minimum Gasteiger partial charge on any atom is -0.369 e. The first-order valence-corrected chi connectivity index (χ1v) is 7.31. The fourth-order valence-corrected chi connectivity index (χ4v) is 2.44. The number of terminal acetylenes is 1. The van der Waals surface area contributed by atoms with E-state index in [0.29, 0.717) is 5.96 Å². The topological polar surface area (TPSA) is 41.6 Å². The van der Waals surface area contributed by atoms with Crippen LogP contribution in [0.5, 0.6) is 0 Å². The Bertz CT molecular complexity index is 914. The molecule has 3 aromatic carbocycles. The normalized spacial score (nSPS) is 11.2. The maximum atomic E-state index is 6.19. The minimum atomic E-state index is 0.413. The number of nitrogens with zero attached hydrogens (tertiary/aromatic N) is 2. The molecule has 0 atom stereocenters. The van der Waals surface area contributed by atoms with Gasteiger partial charge in [-0.1, -0.05) is 48.4 Å². The molecule has 2 N–H and O–H groups in total. The molecular formula is C20H17N3. The molecule has 3 aromatic rings. The van der Waals surface area contributed by atoms with E-state index in [1.165, 1.54) is 0 Å². The number of nitrogens with two attached hydrogens (primary N) is 1. The van der Waals surface area contributed by atoms with Gasteiger partial charge in [0.1, 0.15) is 0 Å². The fraction of sp³-hybridized carbons (Fsp3) is 0.0500. The van der Waals surface area contributed by atoms with Crippen LogP contribution >= 0.6 is 0 Å². The van der Waals surface area contributed by atoms with Crippen molar-refractivity contribution in [2.24, 2.45) is 10.7 Å². The number of benzene rings is 3. The number of guanidine groups is 1. The maximum absolute atomic E-state index is 6.19. The van der Waals surface area contributed by atoms with Crippen LogP contribution in [0.2, 0.25) is 0 Å². The van der Waals surface area contributed by atoms with Crippen LogP contribution in [-0.2, 0) is 0 Å². The standard InChI is InChI=1S/C20H17N3/c1-3-15-8-6-11-17(14-15)23(2)20(21)22-19-13-7-10-16-9-4-5-12-18(16)19/h1,4-14H,2H3,(H2,21,22). The number of hydrogen-bond donors (Lipinski definition) is 1. The molecule has 3 heteroatoms. The van der Waals surface area contributed by atoms with E-state index in [1.807, 2.05) is 66.5 Å². The van der Waals surface area contributed by atoms with E-state index < -0.39 is 0 Å². The number of aliphatic imine (C=N–C) groups is 1. The Morgan fingerprint density at radius 1 is 1.04 bits per heavy atom. The molecule has 0 radical (unpaired) electrons. The van der Waals surface area contributed by atoms with Gasteiger partial charge < -0.3 is 10.6 Å². The molecule has 0 aliphatic carbocycles. The zero-order valence-electron chi connectivity index (χ0n) is 12.9. The Labute approximate surface area is 136 Å². The third-order valence-corrected chi connectivity index (χ3v) is 3.75. The molecule has 112 valence electrons. The van der Waals surface area contributed by atoms with Gasteiger partial charge in [-0.25, -0.2) is 4.99 Å². The molecular weight excluding hydrogens is 282 g/mol. The van der Waals surface area contributed by atoms with E-state index in [2.05, 4.69) is 23.0 Å². The number of hydrogen-bond acceptors (Lipinski definition) is 1. The molecule has 0 fully saturated rings. The van der Waals surface area contributed by atoms with E-state index in [1.54, 1.807) is 0 Å². The monoisotopic (exact) mass is 299 g/mol. The van der Waals surface area contributed by atoms with Crippen LogP contribution < -0.4 is 10.6 Å². The van der Waals surface area contributed by atoms with Crippen molar-refractivity contribution >= 4 is 28.1 Å². The first kappa shape index (κ1) is 14.7. The molecule has 0 amide bonds. The van der Waals surface area contributed by atoms with Crippen LogP contribution in [0.15, 0.2) is 71.7 Å². The van der Waals surface area contributed by atoms with Crippen molar-refractivity contribution in [1.82, 2.24) is 0 Å². The highest BCUT2D eigenvalue weighted by atomic mass is 15.2. The fourth-order valence-electron chi connectivity index (χ4n) is 2.44. The summed E-state index contributed by atoms with van der Waals surface area (Å²) in [5.41, 5.74) is 8.75. The van der Waals surface area contributed by atoms with E-state index >= 15 is 0 Å². The average molecular weight is 299 g/mol. The number of anilines is 1. The highest BCUT2D eigenvalue weighted by Gasteiger charge is 2.07. The second-order valence-electron chi connectivity index (χ2n) is 5.22. The number of rotatable bonds is 2. The Balaban J connectivity index is 1.99. The average Bonchev–Trinajstić information content (AvgIpc) is 2.61. The van der Waals surface area contributed by atoms with Gasteiger partial charge >= 0.3 is 0 Å². The van der Waals surface area contributed by atoms with Gasteiger partial charge in [0, 0.05) is 23.7 Å². The van der Waals surface area contributed by atoms with Crippen molar-refractivity contribution < 1.29 is 0 Å². The molecule has 23 heavy (non-hydrogen) atoms. The van der Waals surface area contributed by atoms with E-state index in [0.717, 1.165) is 27.7 Å². The van der Waals surface area contributed by atoms with Gasteiger partial charge in [0.25, 0.3) is 0 Å². The third-order valence-electron chi connectivity index (χ3n) is 3.75. The van der Waals surface area contributed by atoms with Gasteiger partial charge in [0.05, 0.1) is 5.69 Å². The quantitative estimate of drug-likeness (QED) is 0.443. The first-order valence-electron chi connectivity index (χ1n) is 7.31. The Morgan fingerprint density at radius 2 is 1.78 bits per heavy atom. The van der Waals surface area contributed by atoms with Crippen molar-refractivity contribution in [2.75, 3.05) is 11.9 Å². The highest BCUT2D eigenvalue weighted by molar-refractivity contribution is 6.00. The van der Waals surface area contributed by atoms with Crippen molar-refractivity contribution in [3.05, 3.63) is 72.3 Å². The minimum absolute atomic E-state index is 0.413. The lowest BCUT2D eigenvalue weighted by Gasteiger charge is -2.18. The SMILES string of the molecule is C#Cc1cccc(N(C)C(N)=Nc2cccc3ccccc23)c1. The summed E-state index contributed by atoms with van der Waals surface area (Å²) in [6.45, 7) is 0. The van der Waals surface area contributed by atoms with Crippen LogP contribution in [0, 0.1) is 12.3 Å². The van der Waals surface area contributed by atoms with Gasteiger partial charge in [-0.3, -0.25) is 0 Å². The predicted molar refractivity (Wildman–Crippen MR) is 98.0 cm³/mol. The molecule has 0 saturated heterocycles. The van der Waals surface area contributed by atoms with Crippen LogP contribution in [0.4, 0.5) is 11.4 Å². The summed E-state index contributed by atoms with van der Waals surface area (Å²) in [6, 6.07) is 21.8. The third kappa shape index (κ3) is 3.02. The van der Waals surface area contributed by atoms with E-state index in [4.69, 9.17) is 12.2 Å². The Morgan fingerprint density at radius 3 is 2.61 bits per heavy atom. The molecule has 0 aliphatic heterocycles. The van der Waals surface area contributed by atoms with E-state index in [-0.39, 0.29) is 0 Å². The van der Waals surface area contributed by atoms with Gasteiger partial charge in [-0.2, -0.15) is 0 Å². The molecule has 3 nitrogen and oxygen atoms in total. The van der Waals surface area contributed by atoms with Crippen LogP contribution in [0.3, 0.4) is 0 Å². The maximum Gasteiger partial charge on any atom is 0.200 e. The summed E-state index contributed by atoms with van der Waals surface area (Å²) in [7, 11) is 1.87. The molecule has 0 aliphatic rings.